The van der Waals surface area contributed by atoms with Gasteiger partial charge in [0.25, 0.3) is 0 Å². The molecule has 1 saturated carbocycles. The number of rotatable bonds is 8. The van der Waals surface area contributed by atoms with E-state index < -0.39 is 36.0 Å². The fourth-order valence-electron chi connectivity index (χ4n) is 4.93. The van der Waals surface area contributed by atoms with Crippen LogP contribution in [0.2, 0.25) is 0 Å². The van der Waals surface area contributed by atoms with Gasteiger partial charge in [0, 0.05) is 19.1 Å². The summed E-state index contributed by atoms with van der Waals surface area (Å²) in [7, 11) is 1.46. The topological polar surface area (TPSA) is 114 Å². The van der Waals surface area contributed by atoms with Gasteiger partial charge in [-0.1, -0.05) is 48.5 Å². The monoisotopic (exact) mass is 466 g/mol. The lowest BCUT2D eigenvalue weighted by Crippen LogP contribution is -2.54. The lowest BCUT2D eigenvalue weighted by molar-refractivity contribution is -0.141. The third kappa shape index (κ3) is 4.92. The third-order valence-electron chi connectivity index (χ3n) is 6.87. The number of hydrogen-bond acceptors (Lipinski definition) is 5. The maximum absolute atomic E-state index is 12.9. The van der Waals surface area contributed by atoms with Gasteiger partial charge in [-0.2, -0.15) is 0 Å². The molecule has 180 valence electrons. The van der Waals surface area contributed by atoms with Crippen molar-refractivity contribution in [2.45, 2.75) is 50.3 Å². The number of methoxy groups -OCH3 is 1. The number of carboxylic acids is 1. The number of aliphatic carboxylic acids is 1. The molecule has 8 nitrogen and oxygen atoms in total. The average Bonchev–Trinajstić information content (AvgIpc) is 3.43. The van der Waals surface area contributed by atoms with Crippen molar-refractivity contribution in [3.63, 3.8) is 0 Å². The maximum Gasteiger partial charge on any atom is 0.407 e. The van der Waals surface area contributed by atoms with E-state index in [-0.39, 0.29) is 18.6 Å². The first-order chi connectivity index (χ1) is 16.4. The van der Waals surface area contributed by atoms with E-state index in [1.165, 1.54) is 7.11 Å². The van der Waals surface area contributed by atoms with E-state index in [9.17, 15) is 19.5 Å². The molecule has 0 heterocycles. The Morgan fingerprint density at radius 1 is 1.03 bits per heavy atom. The van der Waals surface area contributed by atoms with Gasteiger partial charge in [-0.05, 0) is 48.4 Å². The zero-order valence-electron chi connectivity index (χ0n) is 19.3. The molecule has 8 heteroatoms. The molecule has 4 unspecified atom stereocenters. The molecule has 0 aliphatic heterocycles. The number of carbonyl (C=O) groups excluding carboxylic acids is 2. The number of fused-ring (bicyclic) bond motifs is 3. The molecule has 2 aliphatic rings. The standard InChI is InChI=1S/C26H30N2O6/c1-15(33-2)23(24(29)27-17-12-11-16(13-17)25(30)31)28-26(32)34-14-22-20-9-5-3-7-18(20)19-8-4-6-10-21(19)22/h3-10,15-17,22-23H,11-14H2,1-2H3,(H,27,29)(H,28,32)(H,30,31). The molecule has 2 aromatic rings. The van der Waals surface area contributed by atoms with Gasteiger partial charge >= 0.3 is 12.1 Å². The minimum atomic E-state index is -0.968. The Labute approximate surface area is 198 Å². The highest BCUT2D eigenvalue weighted by Gasteiger charge is 2.35. The molecule has 3 N–H and O–H groups in total. The van der Waals surface area contributed by atoms with Gasteiger partial charge in [-0.3, -0.25) is 9.59 Å². The summed E-state index contributed by atoms with van der Waals surface area (Å²) >= 11 is 0. The van der Waals surface area contributed by atoms with Crippen molar-refractivity contribution in [2.75, 3.05) is 13.7 Å². The predicted octanol–water partition coefficient (Wildman–Crippen LogP) is 3.30. The summed E-state index contributed by atoms with van der Waals surface area (Å²) in [5.41, 5.74) is 4.47. The highest BCUT2D eigenvalue weighted by Crippen LogP contribution is 2.44. The van der Waals surface area contributed by atoms with E-state index in [0.29, 0.717) is 19.3 Å². The van der Waals surface area contributed by atoms with E-state index in [0.717, 1.165) is 22.3 Å². The second-order valence-electron chi connectivity index (χ2n) is 8.94. The Bertz CT molecular complexity index is 1030. The van der Waals surface area contributed by atoms with Crippen LogP contribution in [0.15, 0.2) is 48.5 Å². The second-order valence-corrected chi connectivity index (χ2v) is 8.94. The van der Waals surface area contributed by atoms with Crippen molar-refractivity contribution in [3.05, 3.63) is 59.7 Å². The maximum atomic E-state index is 12.9. The number of amides is 2. The Hall–Kier alpha value is -3.39. The molecule has 34 heavy (non-hydrogen) atoms. The largest absolute Gasteiger partial charge is 0.481 e. The number of benzene rings is 2. The molecule has 0 radical (unpaired) electrons. The summed E-state index contributed by atoms with van der Waals surface area (Å²) in [6.45, 7) is 1.82. The molecule has 0 aromatic heterocycles. The van der Waals surface area contributed by atoms with Crippen LogP contribution in [0, 0.1) is 5.92 Å². The van der Waals surface area contributed by atoms with Crippen LogP contribution >= 0.6 is 0 Å². The summed E-state index contributed by atoms with van der Waals surface area (Å²) in [5.74, 6) is -1.82. The number of carbonyl (C=O) groups is 3. The summed E-state index contributed by atoms with van der Waals surface area (Å²) in [6.07, 6.45) is 0.171. The summed E-state index contributed by atoms with van der Waals surface area (Å²) in [6, 6.07) is 14.9. The number of hydrogen-bond donors (Lipinski definition) is 3. The van der Waals surface area contributed by atoms with Crippen molar-refractivity contribution in [1.29, 1.82) is 0 Å². The normalized spacial score (nSPS) is 20.6. The Morgan fingerprint density at radius 2 is 1.65 bits per heavy atom. The van der Waals surface area contributed by atoms with E-state index in [2.05, 4.69) is 22.8 Å². The van der Waals surface area contributed by atoms with Gasteiger partial charge in [0.05, 0.1) is 12.0 Å². The zero-order valence-corrected chi connectivity index (χ0v) is 19.3. The Kier molecular flexibility index (Phi) is 7.17. The summed E-state index contributed by atoms with van der Waals surface area (Å²) in [5, 5.41) is 14.7. The lowest BCUT2D eigenvalue weighted by atomic mass is 9.98. The van der Waals surface area contributed by atoms with Crippen LogP contribution in [0.25, 0.3) is 11.1 Å². The highest BCUT2D eigenvalue weighted by molar-refractivity contribution is 5.86. The fourth-order valence-corrected chi connectivity index (χ4v) is 4.93. The summed E-state index contributed by atoms with van der Waals surface area (Å²) in [4.78, 5) is 36.8. The fraction of sp³-hybridized carbons (Fsp3) is 0.423. The molecule has 2 aliphatic carbocycles. The molecule has 4 rings (SSSR count). The molecular weight excluding hydrogens is 436 g/mol. The molecule has 0 bridgehead atoms. The van der Waals surface area contributed by atoms with Crippen molar-refractivity contribution >= 4 is 18.0 Å². The SMILES string of the molecule is COC(C)C(NC(=O)OCC1c2ccccc2-c2ccccc21)C(=O)NC1CCC(C(=O)O)C1. The molecule has 0 spiro atoms. The first-order valence-corrected chi connectivity index (χ1v) is 11.6. The summed E-state index contributed by atoms with van der Waals surface area (Å²) < 4.78 is 10.9. The molecule has 1 fully saturated rings. The van der Waals surface area contributed by atoms with Gasteiger partial charge in [0.2, 0.25) is 5.91 Å². The van der Waals surface area contributed by atoms with Crippen LogP contribution in [0.4, 0.5) is 4.79 Å². The number of ether oxygens (including phenoxy) is 2. The van der Waals surface area contributed by atoms with Crippen LogP contribution in [-0.4, -0.2) is 55.0 Å². The number of nitrogens with one attached hydrogen (secondary N) is 2. The van der Waals surface area contributed by atoms with Crippen LogP contribution < -0.4 is 10.6 Å². The molecule has 2 amide bonds. The zero-order chi connectivity index (χ0) is 24.2. The smallest absolute Gasteiger partial charge is 0.407 e. The van der Waals surface area contributed by atoms with Crippen LogP contribution in [0.1, 0.15) is 43.2 Å². The van der Waals surface area contributed by atoms with E-state index in [4.69, 9.17) is 9.47 Å². The highest BCUT2D eigenvalue weighted by atomic mass is 16.5. The third-order valence-corrected chi connectivity index (χ3v) is 6.87. The quantitative estimate of drug-likeness (QED) is 0.550. The average molecular weight is 467 g/mol. The number of carboxylic acid groups (broad SMARTS) is 1. The Balaban J connectivity index is 1.38. The van der Waals surface area contributed by atoms with Gasteiger partial charge < -0.3 is 25.2 Å². The van der Waals surface area contributed by atoms with Crippen LogP contribution in [-0.2, 0) is 19.1 Å². The number of alkyl carbamates (subject to hydrolysis) is 1. The van der Waals surface area contributed by atoms with Gasteiger partial charge in [-0.25, -0.2) is 4.79 Å². The van der Waals surface area contributed by atoms with E-state index in [1.807, 2.05) is 36.4 Å². The molecule has 0 saturated heterocycles. The van der Waals surface area contributed by atoms with Crippen LogP contribution in [0.5, 0.6) is 0 Å². The minimum absolute atomic E-state index is 0.0864. The van der Waals surface area contributed by atoms with Crippen molar-refractivity contribution in [3.8, 4) is 11.1 Å². The van der Waals surface area contributed by atoms with Crippen molar-refractivity contribution in [1.82, 2.24) is 10.6 Å². The van der Waals surface area contributed by atoms with Crippen molar-refractivity contribution in [2.24, 2.45) is 5.92 Å². The predicted molar refractivity (Wildman–Crippen MR) is 125 cm³/mol. The first-order valence-electron chi connectivity index (χ1n) is 11.6. The lowest BCUT2D eigenvalue weighted by Gasteiger charge is -2.25. The molecule has 2 aromatic carbocycles. The van der Waals surface area contributed by atoms with Gasteiger partial charge in [-0.15, -0.1) is 0 Å². The minimum Gasteiger partial charge on any atom is -0.481 e. The first kappa shape index (κ1) is 23.8. The van der Waals surface area contributed by atoms with E-state index in [1.54, 1.807) is 6.92 Å². The van der Waals surface area contributed by atoms with Crippen LogP contribution in [0.3, 0.4) is 0 Å². The van der Waals surface area contributed by atoms with E-state index >= 15 is 0 Å². The van der Waals surface area contributed by atoms with Crippen molar-refractivity contribution < 1.29 is 29.0 Å². The Morgan fingerprint density at radius 3 is 2.21 bits per heavy atom. The van der Waals surface area contributed by atoms with Gasteiger partial charge in [0.1, 0.15) is 12.6 Å². The van der Waals surface area contributed by atoms with Gasteiger partial charge in [0.15, 0.2) is 0 Å². The molecule has 4 atom stereocenters. The second kappa shape index (κ2) is 10.3. The molecular formula is C26H30N2O6.